The van der Waals surface area contributed by atoms with Gasteiger partial charge in [-0.05, 0) is 44.3 Å². The minimum atomic E-state index is -0.129. The van der Waals surface area contributed by atoms with Crippen LogP contribution in [0.3, 0.4) is 0 Å². The highest BCUT2D eigenvalue weighted by atomic mass is 16.4. The Morgan fingerprint density at radius 3 is 2.59 bits per heavy atom. The molecule has 3 aromatic heterocycles. The molecule has 0 spiro atoms. The van der Waals surface area contributed by atoms with Gasteiger partial charge in [0.1, 0.15) is 11.5 Å². The highest BCUT2D eigenvalue weighted by Crippen LogP contribution is 2.42. The standard InChI is InChI=1S/C26H26N6O2/c1-32(2)12-11-28-26-29-15-19(16-30-26)23-14-22(25(34-23)17-7-9-27-10-8-17)21-13-18-5-3-4-6-20(18)24(21)31-33/h3-10,14-16,21,33H,11-13H2,1-2H3,(H,28,29,30)/b31-24+. The Morgan fingerprint density at radius 2 is 1.85 bits per heavy atom. The fourth-order valence-electron chi connectivity index (χ4n) is 4.31. The molecule has 1 aliphatic carbocycles. The zero-order valence-corrected chi connectivity index (χ0v) is 19.1. The van der Waals surface area contributed by atoms with E-state index < -0.39 is 0 Å². The summed E-state index contributed by atoms with van der Waals surface area (Å²) < 4.78 is 6.37. The summed E-state index contributed by atoms with van der Waals surface area (Å²) in [5, 5.41) is 16.8. The third-order valence-electron chi connectivity index (χ3n) is 6.01. The summed E-state index contributed by atoms with van der Waals surface area (Å²) in [5.74, 6) is 1.84. The zero-order valence-electron chi connectivity index (χ0n) is 19.1. The molecule has 4 aromatic rings. The van der Waals surface area contributed by atoms with Crippen molar-refractivity contribution in [2.75, 3.05) is 32.5 Å². The topological polar surface area (TPSA) is 99.7 Å². The molecule has 8 nitrogen and oxygen atoms in total. The summed E-state index contributed by atoms with van der Waals surface area (Å²) in [5.41, 5.74) is 5.41. The minimum Gasteiger partial charge on any atom is -0.456 e. The highest BCUT2D eigenvalue weighted by molar-refractivity contribution is 6.09. The average Bonchev–Trinajstić information content (AvgIpc) is 3.46. The van der Waals surface area contributed by atoms with Crippen molar-refractivity contribution < 1.29 is 9.62 Å². The lowest BCUT2D eigenvalue weighted by atomic mass is 9.92. The highest BCUT2D eigenvalue weighted by Gasteiger charge is 2.34. The molecule has 2 N–H and O–H groups in total. The van der Waals surface area contributed by atoms with Crippen molar-refractivity contribution in [2.24, 2.45) is 5.16 Å². The van der Waals surface area contributed by atoms with E-state index in [0.29, 0.717) is 17.4 Å². The second-order valence-corrected chi connectivity index (χ2v) is 8.56. The molecule has 172 valence electrons. The van der Waals surface area contributed by atoms with Gasteiger partial charge in [0.15, 0.2) is 0 Å². The summed E-state index contributed by atoms with van der Waals surface area (Å²) >= 11 is 0. The number of anilines is 1. The van der Waals surface area contributed by atoms with Gasteiger partial charge in [0.25, 0.3) is 0 Å². The number of likely N-dealkylation sites (N-methyl/N-ethyl adjacent to an activating group) is 1. The van der Waals surface area contributed by atoms with Gasteiger partial charge in [-0.15, -0.1) is 0 Å². The molecule has 1 atom stereocenters. The first-order valence-electron chi connectivity index (χ1n) is 11.2. The summed E-state index contributed by atoms with van der Waals surface area (Å²) in [6, 6.07) is 13.9. The molecular formula is C26H26N6O2. The van der Waals surface area contributed by atoms with Crippen LogP contribution in [0.25, 0.3) is 22.6 Å². The summed E-state index contributed by atoms with van der Waals surface area (Å²) in [6.07, 6.45) is 7.73. The number of fused-ring (bicyclic) bond motifs is 1. The van der Waals surface area contributed by atoms with Gasteiger partial charge in [-0.3, -0.25) is 4.98 Å². The molecule has 0 bridgehead atoms. The van der Waals surface area contributed by atoms with Crippen LogP contribution in [0.5, 0.6) is 0 Å². The first-order chi connectivity index (χ1) is 16.6. The van der Waals surface area contributed by atoms with Crippen LogP contribution in [0.15, 0.2) is 76.8 Å². The fourth-order valence-corrected chi connectivity index (χ4v) is 4.31. The van der Waals surface area contributed by atoms with Gasteiger partial charge in [0, 0.05) is 60.5 Å². The Kier molecular flexibility index (Phi) is 6.05. The summed E-state index contributed by atoms with van der Waals surface area (Å²) in [6.45, 7) is 1.65. The number of aromatic nitrogens is 3. The first-order valence-corrected chi connectivity index (χ1v) is 11.2. The van der Waals surface area contributed by atoms with Gasteiger partial charge in [-0.2, -0.15) is 0 Å². The molecule has 34 heavy (non-hydrogen) atoms. The molecule has 8 heteroatoms. The number of pyridine rings is 1. The smallest absolute Gasteiger partial charge is 0.222 e. The number of benzene rings is 1. The molecule has 0 fully saturated rings. The number of rotatable bonds is 7. The van der Waals surface area contributed by atoms with Crippen LogP contribution in [0, 0.1) is 0 Å². The SMILES string of the molecule is CN(C)CCNc1ncc(-c2cc(C3Cc4ccccc4/C3=N\O)c(-c3ccncc3)o2)cn1. The third kappa shape index (κ3) is 4.27. The molecule has 0 radical (unpaired) electrons. The second kappa shape index (κ2) is 9.44. The van der Waals surface area contributed by atoms with Crippen molar-refractivity contribution in [1.29, 1.82) is 0 Å². The van der Waals surface area contributed by atoms with E-state index in [9.17, 15) is 5.21 Å². The molecule has 1 unspecified atom stereocenters. The van der Waals surface area contributed by atoms with Crippen LogP contribution >= 0.6 is 0 Å². The van der Waals surface area contributed by atoms with Crippen LogP contribution < -0.4 is 5.32 Å². The van der Waals surface area contributed by atoms with E-state index in [1.54, 1.807) is 24.8 Å². The van der Waals surface area contributed by atoms with E-state index >= 15 is 0 Å². The van der Waals surface area contributed by atoms with E-state index in [-0.39, 0.29) is 5.92 Å². The van der Waals surface area contributed by atoms with Gasteiger partial charge in [-0.1, -0.05) is 29.4 Å². The summed E-state index contributed by atoms with van der Waals surface area (Å²) in [7, 11) is 4.05. The van der Waals surface area contributed by atoms with Crippen LogP contribution in [-0.2, 0) is 6.42 Å². The average molecular weight is 455 g/mol. The molecule has 0 saturated heterocycles. The van der Waals surface area contributed by atoms with Gasteiger partial charge >= 0.3 is 0 Å². The van der Waals surface area contributed by atoms with Gasteiger partial charge < -0.3 is 19.8 Å². The maximum Gasteiger partial charge on any atom is 0.222 e. The molecule has 0 amide bonds. The zero-order chi connectivity index (χ0) is 23.5. The molecule has 1 aromatic carbocycles. The third-order valence-corrected chi connectivity index (χ3v) is 6.01. The van der Waals surface area contributed by atoms with Crippen molar-refractivity contribution in [3.05, 3.63) is 83.9 Å². The van der Waals surface area contributed by atoms with Crippen LogP contribution in [0.1, 0.15) is 22.6 Å². The number of oxime groups is 1. The van der Waals surface area contributed by atoms with Crippen LogP contribution in [0.4, 0.5) is 5.95 Å². The lowest BCUT2D eigenvalue weighted by Crippen LogP contribution is -2.21. The van der Waals surface area contributed by atoms with Gasteiger partial charge in [0.2, 0.25) is 5.95 Å². The monoisotopic (exact) mass is 454 g/mol. The predicted molar refractivity (Wildman–Crippen MR) is 131 cm³/mol. The second-order valence-electron chi connectivity index (χ2n) is 8.56. The van der Waals surface area contributed by atoms with E-state index in [2.05, 4.69) is 36.4 Å². The van der Waals surface area contributed by atoms with Crippen molar-refractivity contribution >= 4 is 11.7 Å². The molecular weight excluding hydrogens is 428 g/mol. The largest absolute Gasteiger partial charge is 0.456 e. The van der Waals surface area contributed by atoms with Gasteiger partial charge in [-0.25, -0.2) is 9.97 Å². The Hall–Kier alpha value is -4.04. The Morgan fingerprint density at radius 1 is 1.09 bits per heavy atom. The van der Waals surface area contributed by atoms with Crippen LogP contribution in [0.2, 0.25) is 0 Å². The van der Waals surface area contributed by atoms with Gasteiger partial charge in [0.05, 0.1) is 11.3 Å². The van der Waals surface area contributed by atoms with Crippen molar-refractivity contribution in [2.45, 2.75) is 12.3 Å². The van der Waals surface area contributed by atoms with E-state index in [4.69, 9.17) is 4.42 Å². The Bertz CT molecular complexity index is 1300. The van der Waals surface area contributed by atoms with Crippen molar-refractivity contribution in [3.63, 3.8) is 0 Å². The van der Waals surface area contributed by atoms with E-state index in [0.717, 1.165) is 53.1 Å². The maximum absolute atomic E-state index is 9.88. The lowest BCUT2D eigenvalue weighted by Gasteiger charge is -2.10. The molecule has 5 rings (SSSR count). The fraction of sp³-hybridized carbons (Fsp3) is 0.231. The summed E-state index contributed by atoms with van der Waals surface area (Å²) in [4.78, 5) is 15.1. The molecule has 3 heterocycles. The quantitative estimate of drug-likeness (QED) is 0.317. The lowest BCUT2D eigenvalue weighted by molar-refractivity contribution is 0.317. The van der Waals surface area contributed by atoms with Crippen LogP contribution in [-0.4, -0.2) is 58.0 Å². The molecule has 0 saturated carbocycles. The number of nitrogens with zero attached hydrogens (tertiary/aromatic N) is 5. The Balaban J connectivity index is 1.50. The van der Waals surface area contributed by atoms with E-state index in [1.165, 1.54) is 0 Å². The number of hydrogen-bond acceptors (Lipinski definition) is 8. The van der Waals surface area contributed by atoms with E-state index in [1.807, 2.05) is 50.5 Å². The first kappa shape index (κ1) is 21.8. The normalized spacial score (nSPS) is 16.2. The number of furan rings is 1. The van der Waals surface area contributed by atoms with Crippen molar-refractivity contribution in [3.8, 4) is 22.6 Å². The minimum absolute atomic E-state index is 0.129. The molecule has 1 aliphatic rings. The predicted octanol–water partition coefficient (Wildman–Crippen LogP) is 4.29. The number of hydrogen-bond donors (Lipinski definition) is 2. The number of nitrogens with one attached hydrogen (secondary N) is 1. The van der Waals surface area contributed by atoms with Crippen molar-refractivity contribution in [1.82, 2.24) is 19.9 Å². The maximum atomic E-state index is 9.88. The molecule has 0 aliphatic heterocycles. The Labute approximate surface area is 198 Å².